The molecule has 0 aromatic heterocycles. The fourth-order valence-corrected chi connectivity index (χ4v) is 2.09. The first kappa shape index (κ1) is 20.8. The molecule has 0 fully saturated rings. The third-order valence-corrected chi connectivity index (χ3v) is 3.56. The molecule has 2 aromatic carbocycles. The number of guanidine groups is 1. The summed E-state index contributed by atoms with van der Waals surface area (Å²) in [4.78, 5) is 5.29. The highest BCUT2D eigenvalue weighted by molar-refractivity contribution is 5.96. The van der Waals surface area contributed by atoms with Crippen LogP contribution >= 0.6 is 12.4 Å². The van der Waals surface area contributed by atoms with Gasteiger partial charge in [0.25, 0.3) is 0 Å². The molecule has 2 rings (SSSR count). The van der Waals surface area contributed by atoms with Crippen molar-refractivity contribution in [3.63, 3.8) is 0 Å². The Morgan fingerprint density at radius 3 is 2.44 bits per heavy atom. The second-order valence-electron chi connectivity index (χ2n) is 5.22. The van der Waals surface area contributed by atoms with Crippen LogP contribution < -0.4 is 10.6 Å². The Hall–Kier alpha value is -2.28. The van der Waals surface area contributed by atoms with E-state index in [9.17, 15) is 17.6 Å². The number of hydrogen-bond donors (Lipinski definition) is 1. The number of aliphatic imine (C=N–C) groups is 1. The van der Waals surface area contributed by atoms with Crippen LogP contribution in [0.1, 0.15) is 18.1 Å². The first-order valence-electron chi connectivity index (χ1n) is 7.26. The summed E-state index contributed by atoms with van der Waals surface area (Å²) in [6.07, 6.45) is -3.75. The summed E-state index contributed by atoms with van der Waals surface area (Å²) >= 11 is 0. The minimum absolute atomic E-state index is 0. The maximum absolute atomic E-state index is 13.8. The third kappa shape index (κ3) is 5.09. The summed E-state index contributed by atoms with van der Waals surface area (Å²) in [6.45, 7) is 1.99. The fourth-order valence-electron chi connectivity index (χ4n) is 2.09. The van der Waals surface area contributed by atoms with Gasteiger partial charge in [-0.1, -0.05) is 19.1 Å². The lowest BCUT2D eigenvalue weighted by Crippen LogP contribution is -2.33. The van der Waals surface area contributed by atoms with E-state index in [-0.39, 0.29) is 18.4 Å². The van der Waals surface area contributed by atoms with Gasteiger partial charge in [-0.3, -0.25) is 0 Å². The lowest BCUT2D eigenvalue weighted by atomic mass is 10.1. The van der Waals surface area contributed by atoms with Crippen molar-refractivity contribution < 1.29 is 17.6 Å². The molecule has 0 atom stereocenters. The molecule has 0 bridgehead atoms. The van der Waals surface area contributed by atoms with Crippen LogP contribution in [0.2, 0.25) is 0 Å². The molecule has 8 heteroatoms. The van der Waals surface area contributed by atoms with E-state index in [4.69, 9.17) is 5.73 Å². The van der Waals surface area contributed by atoms with Gasteiger partial charge in [0.15, 0.2) is 0 Å². The predicted octanol–water partition coefficient (Wildman–Crippen LogP) is 4.91. The van der Waals surface area contributed by atoms with Crippen molar-refractivity contribution in [2.75, 3.05) is 11.9 Å². The molecule has 0 unspecified atom stereocenters. The summed E-state index contributed by atoms with van der Waals surface area (Å²) < 4.78 is 51.9. The highest BCUT2D eigenvalue weighted by atomic mass is 35.5. The molecule has 2 N–H and O–H groups in total. The molecule has 25 heavy (non-hydrogen) atoms. The maximum atomic E-state index is 13.8. The zero-order valence-electron chi connectivity index (χ0n) is 13.6. The molecule has 3 nitrogen and oxygen atoms in total. The van der Waals surface area contributed by atoms with E-state index in [1.54, 1.807) is 13.1 Å². The van der Waals surface area contributed by atoms with Gasteiger partial charge in [-0.2, -0.15) is 13.2 Å². The van der Waals surface area contributed by atoms with Crippen molar-refractivity contribution in [2.24, 2.45) is 10.7 Å². The highest BCUT2D eigenvalue weighted by Crippen LogP contribution is 2.32. The van der Waals surface area contributed by atoms with Crippen LogP contribution in [0, 0.1) is 5.82 Å². The van der Waals surface area contributed by atoms with Gasteiger partial charge in [-0.25, -0.2) is 9.38 Å². The van der Waals surface area contributed by atoms with E-state index in [0.717, 1.165) is 18.1 Å². The Balaban J connectivity index is 0.00000312. The number of alkyl halides is 3. The zero-order chi connectivity index (χ0) is 17.9. The average Bonchev–Trinajstić information content (AvgIpc) is 2.55. The Bertz CT molecular complexity index is 760. The molecular formula is C17H18ClF4N3. The minimum Gasteiger partial charge on any atom is -0.369 e. The molecule has 136 valence electrons. The molecule has 0 radical (unpaired) electrons. The topological polar surface area (TPSA) is 41.6 Å². The van der Waals surface area contributed by atoms with Crippen molar-refractivity contribution in [1.29, 1.82) is 0 Å². The van der Waals surface area contributed by atoms with Crippen molar-refractivity contribution in [1.82, 2.24) is 0 Å². The summed E-state index contributed by atoms with van der Waals surface area (Å²) in [6, 6.07) is 9.47. The van der Waals surface area contributed by atoms with Crippen molar-refractivity contribution in [3.8, 4) is 0 Å². The Morgan fingerprint density at radius 2 is 1.84 bits per heavy atom. The lowest BCUT2D eigenvalue weighted by Gasteiger charge is -2.19. The van der Waals surface area contributed by atoms with E-state index in [1.807, 2.05) is 25.1 Å². The van der Waals surface area contributed by atoms with Gasteiger partial charge in [0.05, 0.1) is 5.56 Å². The fraction of sp³-hybridized carbons (Fsp3) is 0.235. The quantitative estimate of drug-likeness (QED) is 0.470. The normalized spacial score (nSPS) is 11.8. The SMILES string of the molecule is CCc1cccc(N(C)C(N)=Nc2cc(C(F)(F)F)ccc2F)c1.Cl. The first-order valence-corrected chi connectivity index (χ1v) is 7.26. The van der Waals surface area contributed by atoms with Crippen LogP contribution in [0.15, 0.2) is 47.5 Å². The number of nitrogens with two attached hydrogens (primary N) is 1. The number of anilines is 1. The number of rotatable bonds is 3. The van der Waals surface area contributed by atoms with Crippen LogP contribution in [-0.2, 0) is 12.6 Å². The number of hydrogen-bond acceptors (Lipinski definition) is 1. The van der Waals surface area contributed by atoms with Crippen molar-refractivity contribution in [3.05, 3.63) is 59.4 Å². The van der Waals surface area contributed by atoms with Crippen LogP contribution in [0.5, 0.6) is 0 Å². The summed E-state index contributed by atoms with van der Waals surface area (Å²) in [5.41, 5.74) is 6.17. The van der Waals surface area contributed by atoms with E-state index in [0.29, 0.717) is 17.8 Å². The van der Waals surface area contributed by atoms with Gasteiger partial charge in [-0.15, -0.1) is 12.4 Å². The summed E-state index contributed by atoms with van der Waals surface area (Å²) in [5, 5.41) is 0. The minimum atomic E-state index is -4.58. The van der Waals surface area contributed by atoms with Crippen molar-refractivity contribution in [2.45, 2.75) is 19.5 Å². The Morgan fingerprint density at radius 1 is 1.16 bits per heavy atom. The number of benzene rings is 2. The lowest BCUT2D eigenvalue weighted by molar-refractivity contribution is -0.137. The van der Waals surface area contributed by atoms with Gasteiger partial charge in [0.2, 0.25) is 5.96 Å². The molecule has 0 spiro atoms. The number of nitrogens with zero attached hydrogens (tertiary/aromatic N) is 2. The van der Waals surface area contributed by atoms with Crippen molar-refractivity contribution >= 4 is 29.7 Å². The zero-order valence-corrected chi connectivity index (χ0v) is 14.5. The molecule has 0 heterocycles. The van der Waals surface area contributed by atoms with Gasteiger partial charge in [0.1, 0.15) is 11.5 Å². The van der Waals surface area contributed by atoms with Gasteiger partial charge in [0, 0.05) is 12.7 Å². The van der Waals surface area contributed by atoms with Gasteiger partial charge in [-0.05, 0) is 42.3 Å². The Labute approximate surface area is 149 Å². The first-order chi connectivity index (χ1) is 11.2. The number of aryl methyl sites for hydroxylation is 1. The largest absolute Gasteiger partial charge is 0.416 e. The van der Waals surface area contributed by atoms with Crippen LogP contribution in [0.25, 0.3) is 0 Å². The summed E-state index contributed by atoms with van der Waals surface area (Å²) in [5.74, 6) is -0.983. The monoisotopic (exact) mass is 375 g/mol. The molecule has 0 aliphatic carbocycles. The average molecular weight is 376 g/mol. The van der Waals surface area contributed by atoms with E-state index in [1.165, 1.54) is 4.90 Å². The van der Waals surface area contributed by atoms with Gasteiger partial charge < -0.3 is 10.6 Å². The maximum Gasteiger partial charge on any atom is 0.416 e. The molecule has 2 aromatic rings. The second kappa shape index (κ2) is 8.20. The van der Waals surface area contributed by atoms with E-state index in [2.05, 4.69) is 4.99 Å². The smallest absolute Gasteiger partial charge is 0.369 e. The highest BCUT2D eigenvalue weighted by Gasteiger charge is 2.31. The molecule has 0 aliphatic heterocycles. The molecular weight excluding hydrogens is 358 g/mol. The third-order valence-electron chi connectivity index (χ3n) is 3.56. The van der Waals surface area contributed by atoms with E-state index < -0.39 is 23.2 Å². The molecule has 0 saturated carbocycles. The Kier molecular flexibility index (Phi) is 6.81. The van der Waals surface area contributed by atoms with Gasteiger partial charge >= 0.3 is 6.18 Å². The number of halogens is 5. The van der Waals surface area contributed by atoms with Crippen LogP contribution in [-0.4, -0.2) is 13.0 Å². The molecule has 0 amide bonds. The predicted molar refractivity (Wildman–Crippen MR) is 94.2 cm³/mol. The molecule has 0 saturated heterocycles. The summed E-state index contributed by atoms with van der Waals surface area (Å²) in [7, 11) is 1.61. The van der Waals surface area contributed by atoms with Crippen LogP contribution in [0.4, 0.5) is 28.9 Å². The standard InChI is InChI=1S/C17H17F4N3.ClH/c1-3-11-5-4-6-13(9-11)24(2)16(22)23-15-10-12(17(19,20)21)7-8-14(15)18;/h4-10H,3H2,1-2H3,(H2,22,23);1H. The van der Waals surface area contributed by atoms with E-state index >= 15 is 0 Å². The second-order valence-corrected chi connectivity index (χ2v) is 5.22. The molecule has 0 aliphatic rings. The van der Waals surface area contributed by atoms with Crippen LogP contribution in [0.3, 0.4) is 0 Å².